The van der Waals surface area contributed by atoms with Crippen molar-refractivity contribution in [3.05, 3.63) is 29.3 Å². The van der Waals surface area contributed by atoms with Gasteiger partial charge >= 0.3 is 0 Å². The third-order valence-electron chi connectivity index (χ3n) is 11.1. The molecule has 0 unspecified atom stereocenters. The van der Waals surface area contributed by atoms with Gasteiger partial charge in [-0.3, -0.25) is 9.59 Å². The van der Waals surface area contributed by atoms with Gasteiger partial charge in [-0.05, 0) is 37.5 Å². The van der Waals surface area contributed by atoms with Crippen LogP contribution in [0.25, 0.3) is 0 Å². The SMILES string of the molecule is CCCCCCCCCCCCCCNC(=O)c1ccc(C(=O)NCCCCCCCCCCCCCC)c(OCCCCCCCCCCCCC)c1. The van der Waals surface area contributed by atoms with Crippen molar-refractivity contribution < 1.29 is 14.3 Å². The first-order chi connectivity index (χ1) is 26.6. The minimum absolute atomic E-state index is 0.0823. The number of hydrogen-bond acceptors (Lipinski definition) is 3. The summed E-state index contributed by atoms with van der Waals surface area (Å²) < 4.78 is 6.23. The van der Waals surface area contributed by atoms with Crippen molar-refractivity contribution in [3.8, 4) is 5.75 Å². The lowest BCUT2D eigenvalue weighted by atomic mass is 10.1. The summed E-state index contributed by atoms with van der Waals surface area (Å²) >= 11 is 0. The topological polar surface area (TPSA) is 67.4 Å². The van der Waals surface area contributed by atoms with Crippen molar-refractivity contribution in [1.29, 1.82) is 0 Å². The molecule has 0 aliphatic heterocycles. The molecule has 1 aromatic rings. The number of carbonyl (C=O) groups excluding carboxylic acids is 2. The molecule has 0 aliphatic carbocycles. The smallest absolute Gasteiger partial charge is 0.255 e. The minimum Gasteiger partial charge on any atom is -0.493 e. The van der Waals surface area contributed by atoms with Crippen molar-refractivity contribution in [2.24, 2.45) is 0 Å². The molecule has 0 saturated heterocycles. The van der Waals surface area contributed by atoms with Crippen molar-refractivity contribution >= 4 is 11.8 Å². The van der Waals surface area contributed by atoms with E-state index >= 15 is 0 Å². The summed E-state index contributed by atoms with van der Waals surface area (Å²) in [6.07, 6.45) is 45.4. The Morgan fingerprint density at radius 3 is 1.09 bits per heavy atom. The third-order valence-corrected chi connectivity index (χ3v) is 11.1. The molecule has 5 heteroatoms. The van der Waals surface area contributed by atoms with Crippen LogP contribution in [0.2, 0.25) is 0 Å². The van der Waals surface area contributed by atoms with E-state index in [2.05, 4.69) is 31.4 Å². The molecule has 0 heterocycles. The van der Waals surface area contributed by atoms with Crippen LogP contribution in [0.1, 0.15) is 266 Å². The van der Waals surface area contributed by atoms with E-state index in [1.54, 1.807) is 18.2 Å². The van der Waals surface area contributed by atoms with Crippen molar-refractivity contribution in [1.82, 2.24) is 10.6 Å². The Balaban J connectivity index is 2.44. The zero-order valence-corrected chi connectivity index (χ0v) is 36.3. The second kappa shape index (κ2) is 39.2. The first kappa shape index (κ1) is 50.0. The normalized spacial score (nSPS) is 11.2. The molecular formula is C49H90N2O3. The van der Waals surface area contributed by atoms with Crippen LogP contribution in [0.4, 0.5) is 0 Å². The highest BCUT2D eigenvalue weighted by molar-refractivity contribution is 6.00. The Bertz CT molecular complexity index is 980. The van der Waals surface area contributed by atoms with Gasteiger partial charge < -0.3 is 15.4 Å². The van der Waals surface area contributed by atoms with Crippen molar-refractivity contribution in [2.75, 3.05) is 19.7 Å². The number of unbranched alkanes of at least 4 members (excludes halogenated alkanes) is 32. The summed E-state index contributed by atoms with van der Waals surface area (Å²) in [5.41, 5.74) is 1.11. The van der Waals surface area contributed by atoms with E-state index in [-0.39, 0.29) is 11.8 Å². The lowest BCUT2D eigenvalue weighted by Gasteiger charge is -2.14. The lowest BCUT2D eigenvalue weighted by molar-refractivity contribution is 0.0937. The number of ether oxygens (including phenoxy) is 1. The highest BCUT2D eigenvalue weighted by Gasteiger charge is 2.16. The molecule has 1 aromatic carbocycles. The Kier molecular flexibility index (Phi) is 36.3. The molecule has 0 aliphatic rings. The molecule has 0 spiro atoms. The molecule has 5 nitrogen and oxygen atoms in total. The number of nitrogens with one attached hydrogen (secondary N) is 2. The maximum absolute atomic E-state index is 13.3. The standard InChI is InChI=1S/C49H90N2O3/c1-4-7-10-13-16-19-22-24-27-30-33-36-41-50-48(52)45-39-40-46(47(44-45)54-43-38-35-32-29-26-21-18-15-12-9-6-3)49(53)51-42-37-34-31-28-25-23-20-17-14-11-8-5-2/h39-40,44H,4-38,41-43H2,1-3H3,(H,50,52)(H,51,53). The summed E-state index contributed by atoms with van der Waals surface area (Å²) in [6, 6.07) is 5.35. The molecule has 314 valence electrons. The van der Waals surface area contributed by atoms with Crippen LogP contribution in [0.3, 0.4) is 0 Å². The van der Waals surface area contributed by atoms with Crippen LogP contribution in [-0.2, 0) is 0 Å². The van der Waals surface area contributed by atoms with E-state index in [9.17, 15) is 9.59 Å². The van der Waals surface area contributed by atoms with Crippen LogP contribution < -0.4 is 15.4 Å². The number of hydrogen-bond donors (Lipinski definition) is 2. The number of carbonyl (C=O) groups is 2. The Labute approximate surface area is 336 Å². The van der Waals surface area contributed by atoms with Gasteiger partial charge in [0.25, 0.3) is 11.8 Å². The molecule has 54 heavy (non-hydrogen) atoms. The summed E-state index contributed by atoms with van der Waals surface area (Å²) in [5.74, 6) is 0.351. The monoisotopic (exact) mass is 755 g/mol. The first-order valence-electron chi connectivity index (χ1n) is 24.0. The van der Waals surface area contributed by atoms with Crippen LogP contribution >= 0.6 is 0 Å². The highest BCUT2D eigenvalue weighted by atomic mass is 16.5. The van der Waals surface area contributed by atoms with Gasteiger partial charge in [-0.25, -0.2) is 0 Å². The van der Waals surface area contributed by atoms with Gasteiger partial charge in [-0.15, -0.1) is 0 Å². The predicted molar refractivity (Wildman–Crippen MR) is 235 cm³/mol. The van der Waals surface area contributed by atoms with E-state index < -0.39 is 0 Å². The fourth-order valence-corrected chi connectivity index (χ4v) is 7.45. The van der Waals surface area contributed by atoms with Gasteiger partial charge in [0.2, 0.25) is 0 Å². The van der Waals surface area contributed by atoms with Gasteiger partial charge in [0, 0.05) is 18.7 Å². The Morgan fingerprint density at radius 2 is 0.722 bits per heavy atom. The largest absolute Gasteiger partial charge is 0.493 e. The van der Waals surface area contributed by atoms with E-state index in [1.165, 1.54) is 186 Å². The molecular weight excluding hydrogens is 665 g/mol. The molecule has 1 rings (SSSR count). The summed E-state index contributed by atoms with van der Waals surface area (Å²) in [6.45, 7) is 8.76. The molecule has 0 bridgehead atoms. The fraction of sp³-hybridized carbons (Fsp3) is 0.837. The van der Waals surface area contributed by atoms with E-state index in [1.807, 2.05) is 0 Å². The van der Waals surface area contributed by atoms with Crippen LogP contribution in [-0.4, -0.2) is 31.5 Å². The van der Waals surface area contributed by atoms with Gasteiger partial charge in [-0.2, -0.15) is 0 Å². The van der Waals surface area contributed by atoms with Crippen molar-refractivity contribution in [3.63, 3.8) is 0 Å². The molecule has 0 radical (unpaired) electrons. The van der Waals surface area contributed by atoms with E-state index in [4.69, 9.17) is 4.74 Å². The highest BCUT2D eigenvalue weighted by Crippen LogP contribution is 2.22. The molecule has 0 aromatic heterocycles. The number of benzene rings is 1. The maximum Gasteiger partial charge on any atom is 0.255 e. The van der Waals surface area contributed by atoms with E-state index in [0.717, 1.165) is 38.5 Å². The minimum atomic E-state index is -0.101. The van der Waals surface area contributed by atoms with Gasteiger partial charge in [0.15, 0.2) is 0 Å². The Morgan fingerprint density at radius 1 is 0.407 bits per heavy atom. The molecule has 0 saturated carbocycles. The van der Waals surface area contributed by atoms with Crippen LogP contribution in [0, 0.1) is 0 Å². The number of amides is 2. The average Bonchev–Trinajstić information content (AvgIpc) is 3.18. The fourth-order valence-electron chi connectivity index (χ4n) is 7.45. The van der Waals surface area contributed by atoms with Gasteiger partial charge in [0.1, 0.15) is 5.75 Å². The first-order valence-corrected chi connectivity index (χ1v) is 24.0. The molecule has 0 atom stereocenters. The zero-order valence-electron chi connectivity index (χ0n) is 36.3. The maximum atomic E-state index is 13.3. The third kappa shape index (κ3) is 30.2. The average molecular weight is 755 g/mol. The van der Waals surface area contributed by atoms with E-state index in [0.29, 0.717) is 36.6 Å². The van der Waals surface area contributed by atoms with Crippen LogP contribution in [0.5, 0.6) is 5.75 Å². The second-order valence-corrected chi connectivity index (χ2v) is 16.4. The molecule has 2 N–H and O–H groups in total. The van der Waals surface area contributed by atoms with Crippen LogP contribution in [0.15, 0.2) is 18.2 Å². The molecule has 2 amide bonds. The van der Waals surface area contributed by atoms with Crippen molar-refractivity contribution in [2.45, 2.75) is 245 Å². The predicted octanol–water partition coefficient (Wildman–Crippen LogP) is 15.2. The number of rotatable bonds is 41. The lowest BCUT2D eigenvalue weighted by Crippen LogP contribution is -2.26. The summed E-state index contributed by atoms with van der Waals surface area (Å²) in [4.78, 5) is 26.4. The van der Waals surface area contributed by atoms with Gasteiger partial charge in [-0.1, -0.05) is 226 Å². The summed E-state index contributed by atoms with van der Waals surface area (Å²) in [7, 11) is 0. The second-order valence-electron chi connectivity index (χ2n) is 16.4. The van der Waals surface area contributed by atoms with Gasteiger partial charge in [0.05, 0.1) is 12.2 Å². The summed E-state index contributed by atoms with van der Waals surface area (Å²) in [5, 5.41) is 6.24. The Hall–Kier alpha value is -2.04. The molecule has 0 fully saturated rings. The quantitative estimate of drug-likeness (QED) is 0.0654. The zero-order chi connectivity index (χ0) is 39.0.